The Morgan fingerprint density at radius 1 is 1.07 bits per heavy atom. The average Bonchev–Trinajstić information content (AvgIpc) is 2.69. The van der Waals surface area contributed by atoms with Gasteiger partial charge in [0.15, 0.2) is 0 Å². The Kier molecular flexibility index (Phi) is 5.56. The number of ether oxygens (including phenoxy) is 2. The molecular weight excluding hydrogens is 414 g/mol. The third-order valence-corrected chi connectivity index (χ3v) is 4.58. The van der Waals surface area contributed by atoms with Gasteiger partial charge in [0.2, 0.25) is 0 Å². The smallest absolute Gasteiger partial charge is 0.264 e. The summed E-state index contributed by atoms with van der Waals surface area (Å²) < 4.78 is 11.2. The Hall–Kier alpha value is -3.13. The highest BCUT2D eigenvalue weighted by Crippen LogP contribution is 2.35. The zero-order valence-corrected chi connectivity index (χ0v) is 16.2. The van der Waals surface area contributed by atoms with Gasteiger partial charge in [-0.1, -0.05) is 12.1 Å². The Morgan fingerprint density at radius 2 is 1.78 bits per heavy atom. The number of aromatic nitrogens is 2. The van der Waals surface area contributed by atoms with Crippen molar-refractivity contribution in [2.45, 2.75) is 0 Å². The van der Waals surface area contributed by atoms with E-state index in [2.05, 4.69) is 31.4 Å². The van der Waals surface area contributed by atoms with Crippen molar-refractivity contribution in [3.8, 4) is 22.8 Å². The van der Waals surface area contributed by atoms with Gasteiger partial charge in [0.05, 0.1) is 19.9 Å². The monoisotopic (exact) mass is 429 g/mol. The Morgan fingerprint density at radius 3 is 2.37 bits per heavy atom. The molecule has 2 N–H and O–H groups in total. The van der Waals surface area contributed by atoms with Crippen LogP contribution >= 0.6 is 15.9 Å². The summed E-state index contributed by atoms with van der Waals surface area (Å²) in [7, 11) is 3.03. The zero-order chi connectivity index (χ0) is 19.4. The molecule has 0 saturated heterocycles. The first-order valence-corrected chi connectivity index (χ1v) is 8.70. The van der Waals surface area contributed by atoms with Gasteiger partial charge in [0.1, 0.15) is 16.0 Å². The van der Waals surface area contributed by atoms with E-state index in [9.17, 15) is 9.59 Å². The van der Waals surface area contributed by atoms with E-state index < -0.39 is 0 Å². The molecule has 0 fully saturated rings. The minimum atomic E-state index is -0.314. The summed E-state index contributed by atoms with van der Waals surface area (Å²) in [5.74, 6) is 0.669. The van der Waals surface area contributed by atoms with Gasteiger partial charge < -0.3 is 14.8 Å². The van der Waals surface area contributed by atoms with Crippen LogP contribution in [0.5, 0.6) is 11.5 Å². The van der Waals surface area contributed by atoms with Crippen LogP contribution in [0.2, 0.25) is 0 Å². The second-order valence-corrected chi connectivity index (χ2v) is 6.33. The molecule has 0 atom stereocenters. The van der Waals surface area contributed by atoms with E-state index in [0.717, 1.165) is 5.56 Å². The van der Waals surface area contributed by atoms with Gasteiger partial charge in [0, 0.05) is 22.9 Å². The molecule has 0 unspecified atom stereocenters. The number of amides is 1. The van der Waals surface area contributed by atoms with Crippen LogP contribution in [0.4, 0.5) is 5.69 Å². The third-order valence-electron chi connectivity index (χ3n) is 3.80. The highest BCUT2D eigenvalue weighted by atomic mass is 79.9. The Balaban J connectivity index is 1.87. The number of hydrogen-bond acceptors (Lipinski definition) is 5. The maximum atomic E-state index is 12.7. The molecule has 0 saturated carbocycles. The molecular formula is C19H16BrN3O4. The quantitative estimate of drug-likeness (QED) is 0.647. The molecule has 0 aliphatic carbocycles. The highest BCUT2D eigenvalue weighted by molar-refractivity contribution is 9.10. The number of methoxy groups -OCH3 is 2. The molecule has 0 aliphatic heterocycles. The summed E-state index contributed by atoms with van der Waals surface area (Å²) in [5.41, 5.74) is 2.06. The van der Waals surface area contributed by atoms with E-state index >= 15 is 0 Å². The van der Waals surface area contributed by atoms with Gasteiger partial charge in [0.25, 0.3) is 11.5 Å². The van der Waals surface area contributed by atoms with Crippen LogP contribution in [0.1, 0.15) is 10.4 Å². The van der Waals surface area contributed by atoms with Crippen molar-refractivity contribution >= 4 is 27.5 Å². The lowest BCUT2D eigenvalue weighted by atomic mass is 10.1. The summed E-state index contributed by atoms with van der Waals surface area (Å²) in [4.78, 5) is 23.8. The standard InChI is InChI=1S/C19H16BrN3O4/c1-26-15-9-12(10-16(27-2)18(15)20)19(25)21-13-5-3-4-11(8-13)14-6-7-17(24)23-22-14/h3-10H,1-2H3,(H,21,25)(H,23,24). The van der Waals surface area contributed by atoms with Crippen LogP contribution in [-0.2, 0) is 0 Å². The zero-order valence-electron chi connectivity index (χ0n) is 14.6. The second-order valence-electron chi connectivity index (χ2n) is 5.54. The predicted octanol–water partition coefficient (Wildman–Crippen LogP) is 3.47. The van der Waals surface area contributed by atoms with Crippen LogP contribution in [0, 0.1) is 0 Å². The van der Waals surface area contributed by atoms with Crippen molar-refractivity contribution in [2.75, 3.05) is 19.5 Å². The van der Waals surface area contributed by atoms with E-state index in [4.69, 9.17) is 9.47 Å². The molecule has 138 valence electrons. The lowest BCUT2D eigenvalue weighted by Gasteiger charge is -2.12. The molecule has 0 radical (unpaired) electrons. The summed E-state index contributed by atoms with van der Waals surface area (Å²) in [6.45, 7) is 0. The normalized spacial score (nSPS) is 10.3. The number of anilines is 1. The molecule has 8 heteroatoms. The van der Waals surface area contributed by atoms with E-state index in [-0.39, 0.29) is 11.5 Å². The summed E-state index contributed by atoms with van der Waals surface area (Å²) >= 11 is 3.38. The van der Waals surface area contributed by atoms with Gasteiger partial charge in [-0.3, -0.25) is 9.59 Å². The highest BCUT2D eigenvalue weighted by Gasteiger charge is 2.15. The number of halogens is 1. The number of rotatable bonds is 5. The minimum absolute atomic E-state index is 0.277. The maximum absolute atomic E-state index is 12.7. The average molecular weight is 430 g/mol. The molecule has 0 bridgehead atoms. The van der Waals surface area contributed by atoms with E-state index in [1.54, 1.807) is 36.4 Å². The van der Waals surface area contributed by atoms with Crippen molar-refractivity contribution in [3.63, 3.8) is 0 Å². The number of aromatic amines is 1. The van der Waals surface area contributed by atoms with Crippen LogP contribution in [-0.4, -0.2) is 30.3 Å². The number of H-pyrrole nitrogens is 1. The number of carbonyl (C=O) groups is 1. The van der Waals surface area contributed by atoms with Crippen molar-refractivity contribution in [2.24, 2.45) is 0 Å². The number of nitrogens with one attached hydrogen (secondary N) is 2. The first-order chi connectivity index (χ1) is 13.0. The molecule has 27 heavy (non-hydrogen) atoms. The van der Waals surface area contributed by atoms with Crippen LogP contribution < -0.4 is 20.3 Å². The fourth-order valence-corrected chi connectivity index (χ4v) is 3.02. The van der Waals surface area contributed by atoms with Gasteiger partial charge in [-0.2, -0.15) is 5.10 Å². The fourth-order valence-electron chi connectivity index (χ4n) is 2.47. The van der Waals surface area contributed by atoms with E-state index in [0.29, 0.717) is 32.9 Å². The third kappa shape index (κ3) is 4.17. The molecule has 2 aromatic carbocycles. The fraction of sp³-hybridized carbons (Fsp3) is 0.105. The van der Waals surface area contributed by atoms with E-state index in [1.165, 1.54) is 20.3 Å². The van der Waals surface area contributed by atoms with Crippen LogP contribution in [0.3, 0.4) is 0 Å². The maximum Gasteiger partial charge on any atom is 0.264 e. The van der Waals surface area contributed by atoms with Gasteiger partial charge in [-0.25, -0.2) is 5.10 Å². The van der Waals surface area contributed by atoms with Crippen molar-refractivity contribution in [3.05, 3.63) is 68.9 Å². The summed E-state index contributed by atoms with van der Waals surface area (Å²) in [6.07, 6.45) is 0. The SMILES string of the molecule is COc1cc(C(=O)Nc2cccc(-c3ccc(=O)[nH]n3)c2)cc(OC)c1Br. The Labute approximate surface area is 163 Å². The van der Waals surface area contributed by atoms with E-state index in [1.807, 2.05) is 6.07 Å². The number of nitrogens with zero attached hydrogens (tertiary/aromatic N) is 1. The topological polar surface area (TPSA) is 93.3 Å². The summed E-state index contributed by atoms with van der Waals surface area (Å²) in [6, 6.07) is 13.4. The lowest BCUT2D eigenvalue weighted by Crippen LogP contribution is -2.12. The number of carbonyl (C=O) groups excluding carboxylic acids is 1. The first kappa shape index (κ1) is 18.7. The minimum Gasteiger partial charge on any atom is -0.495 e. The van der Waals surface area contributed by atoms with Gasteiger partial charge in [-0.15, -0.1) is 0 Å². The van der Waals surface area contributed by atoms with Crippen molar-refractivity contribution in [1.82, 2.24) is 10.2 Å². The summed E-state index contributed by atoms with van der Waals surface area (Å²) in [5, 5.41) is 9.22. The predicted molar refractivity (Wildman–Crippen MR) is 105 cm³/mol. The number of benzene rings is 2. The second kappa shape index (κ2) is 8.05. The molecule has 1 aromatic heterocycles. The molecule has 0 aliphatic rings. The molecule has 0 spiro atoms. The number of hydrogen-bond donors (Lipinski definition) is 2. The first-order valence-electron chi connectivity index (χ1n) is 7.91. The molecule has 1 amide bonds. The molecule has 3 rings (SSSR count). The van der Waals surface area contributed by atoms with Crippen LogP contribution in [0.25, 0.3) is 11.3 Å². The van der Waals surface area contributed by atoms with Crippen molar-refractivity contribution in [1.29, 1.82) is 0 Å². The van der Waals surface area contributed by atoms with Gasteiger partial charge >= 0.3 is 0 Å². The lowest BCUT2D eigenvalue weighted by molar-refractivity contribution is 0.102. The molecule has 3 aromatic rings. The molecule has 7 nitrogen and oxygen atoms in total. The van der Waals surface area contributed by atoms with Crippen LogP contribution in [0.15, 0.2) is 57.8 Å². The van der Waals surface area contributed by atoms with Crippen molar-refractivity contribution < 1.29 is 14.3 Å². The van der Waals surface area contributed by atoms with Gasteiger partial charge in [-0.05, 0) is 46.3 Å². The largest absolute Gasteiger partial charge is 0.495 e. The Bertz CT molecular complexity index is 1000. The molecule has 1 heterocycles.